The summed E-state index contributed by atoms with van der Waals surface area (Å²) in [7, 11) is 1.54. The predicted octanol–water partition coefficient (Wildman–Crippen LogP) is 1.48. The molecule has 1 aromatic rings. The lowest BCUT2D eigenvalue weighted by Crippen LogP contribution is -2.29. The summed E-state index contributed by atoms with van der Waals surface area (Å²) < 4.78 is 5.20. The standard InChI is InChI=1S/C13H20N2O2/c1-13(2,3)8-5-6-10(17-4)9(7-8)11(14)12(15)16/h5-7,11H,14H2,1-4H3,(H2,15,16). The molecule has 0 spiro atoms. The van der Waals surface area contributed by atoms with Crippen LogP contribution >= 0.6 is 0 Å². The summed E-state index contributed by atoms with van der Waals surface area (Å²) in [5, 5.41) is 0. The predicted molar refractivity (Wildman–Crippen MR) is 67.8 cm³/mol. The van der Waals surface area contributed by atoms with E-state index in [9.17, 15) is 4.79 Å². The number of benzene rings is 1. The van der Waals surface area contributed by atoms with Crippen LogP contribution in [-0.4, -0.2) is 13.0 Å². The monoisotopic (exact) mass is 236 g/mol. The average molecular weight is 236 g/mol. The number of ether oxygens (including phenoxy) is 1. The van der Waals surface area contributed by atoms with Gasteiger partial charge in [0.25, 0.3) is 0 Å². The van der Waals surface area contributed by atoms with E-state index in [-0.39, 0.29) is 5.41 Å². The molecule has 94 valence electrons. The van der Waals surface area contributed by atoms with Gasteiger partial charge in [0.2, 0.25) is 5.91 Å². The van der Waals surface area contributed by atoms with Crippen molar-refractivity contribution in [3.05, 3.63) is 29.3 Å². The number of nitrogens with two attached hydrogens (primary N) is 2. The second-order valence-corrected chi connectivity index (χ2v) is 5.09. The summed E-state index contributed by atoms with van der Waals surface area (Å²) in [5.74, 6) is 0.0265. The van der Waals surface area contributed by atoms with Gasteiger partial charge in [-0.1, -0.05) is 26.8 Å². The van der Waals surface area contributed by atoms with Crippen molar-refractivity contribution < 1.29 is 9.53 Å². The van der Waals surface area contributed by atoms with Gasteiger partial charge in [-0.2, -0.15) is 0 Å². The third-order valence-corrected chi connectivity index (χ3v) is 2.74. The van der Waals surface area contributed by atoms with Crippen molar-refractivity contribution in [2.75, 3.05) is 7.11 Å². The lowest BCUT2D eigenvalue weighted by Gasteiger charge is -2.22. The third-order valence-electron chi connectivity index (χ3n) is 2.74. The lowest BCUT2D eigenvalue weighted by atomic mass is 9.85. The Kier molecular flexibility index (Phi) is 3.78. The molecular weight excluding hydrogens is 216 g/mol. The molecule has 0 aromatic heterocycles. The van der Waals surface area contributed by atoms with E-state index in [0.717, 1.165) is 5.56 Å². The molecule has 17 heavy (non-hydrogen) atoms. The number of amides is 1. The van der Waals surface area contributed by atoms with Crippen molar-refractivity contribution in [3.8, 4) is 5.75 Å². The Bertz CT molecular complexity index is 422. The number of carbonyl (C=O) groups excluding carboxylic acids is 1. The fourth-order valence-electron chi connectivity index (χ4n) is 1.60. The molecule has 1 atom stereocenters. The highest BCUT2D eigenvalue weighted by Crippen LogP contribution is 2.30. The third kappa shape index (κ3) is 2.97. The van der Waals surface area contributed by atoms with E-state index in [2.05, 4.69) is 20.8 Å². The zero-order valence-corrected chi connectivity index (χ0v) is 10.8. The minimum absolute atomic E-state index is 0.0155. The first-order valence-electron chi connectivity index (χ1n) is 5.50. The smallest absolute Gasteiger partial charge is 0.239 e. The van der Waals surface area contributed by atoms with Gasteiger partial charge in [-0.05, 0) is 23.1 Å². The topological polar surface area (TPSA) is 78.3 Å². The van der Waals surface area contributed by atoms with Crippen LogP contribution in [0, 0.1) is 0 Å². The SMILES string of the molecule is COc1ccc(C(C)(C)C)cc1C(N)C(N)=O. The zero-order chi connectivity index (χ0) is 13.2. The average Bonchev–Trinajstić information content (AvgIpc) is 2.25. The molecule has 0 heterocycles. The van der Waals surface area contributed by atoms with Gasteiger partial charge >= 0.3 is 0 Å². The number of hydrogen-bond acceptors (Lipinski definition) is 3. The summed E-state index contributed by atoms with van der Waals surface area (Å²) in [5.41, 5.74) is 12.7. The van der Waals surface area contributed by atoms with Crippen LogP contribution in [0.1, 0.15) is 37.9 Å². The second kappa shape index (κ2) is 4.75. The molecule has 0 aliphatic rings. The highest BCUT2D eigenvalue weighted by molar-refractivity contribution is 5.82. The number of hydrogen-bond donors (Lipinski definition) is 2. The molecule has 4 N–H and O–H groups in total. The maximum atomic E-state index is 11.2. The molecule has 0 aliphatic carbocycles. The Morgan fingerprint density at radius 2 is 1.94 bits per heavy atom. The van der Waals surface area contributed by atoms with Crippen LogP contribution in [0.2, 0.25) is 0 Å². The van der Waals surface area contributed by atoms with Crippen LogP contribution in [0.4, 0.5) is 0 Å². The number of primary amides is 1. The number of methoxy groups -OCH3 is 1. The molecular formula is C13H20N2O2. The molecule has 0 saturated heterocycles. The fraction of sp³-hybridized carbons (Fsp3) is 0.462. The van der Waals surface area contributed by atoms with Gasteiger partial charge in [0.15, 0.2) is 0 Å². The first-order chi connectivity index (χ1) is 7.77. The quantitative estimate of drug-likeness (QED) is 0.834. The summed E-state index contributed by atoms with van der Waals surface area (Å²) in [6.45, 7) is 6.27. The highest BCUT2D eigenvalue weighted by atomic mass is 16.5. The van der Waals surface area contributed by atoms with E-state index in [1.807, 2.05) is 18.2 Å². The normalized spacial score (nSPS) is 13.2. The minimum Gasteiger partial charge on any atom is -0.496 e. The van der Waals surface area contributed by atoms with Crippen LogP contribution in [0.15, 0.2) is 18.2 Å². The van der Waals surface area contributed by atoms with Gasteiger partial charge in [0.1, 0.15) is 11.8 Å². The summed E-state index contributed by atoms with van der Waals surface area (Å²) in [4.78, 5) is 11.2. The van der Waals surface area contributed by atoms with Gasteiger partial charge in [0, 0.05) is 5.56 Å². The van der Waals surface area contributed by atoms with E-state index in [1.165, 1.54) is 0 Å². The van der Waals surface area contributed by atoms with Gasteiger partial charge in [0.05, 0.1) is 7.11 Å². The van der Waals surface area contributed by atoms with Crippen molar-refractivity contribution in [3.63, 3.8) is 0 Å². The van der Waals surface area contributed by atoms with Crippen LogP contribution in [0.5, 0.6) is 5.75 Å². The van der Waals surface area contributed by atoms with Gasteiger partial charge in [-0.15, -0.1) is 0 Å². The van der Waals surface area contributed by atoms with Crippen LogP contribution < -0.4 is 16.2 Å². The maximum absolute atomic E-state index is 11.2. The van der Waals surface area contributed by atoms with Crippen molar-refractivity contribution >= 4 is 5.91 Å². The molecule has 4 nitrogen and oxygen atoms in total. The molecule has 0 fully saturated rings. The van der Waals surface area contributed by atoms with Gasteiger partial charge in [-0.3, -0.25) is 4.79 Å². The van der Waals surface area contributed by atoms with Crippen molar-refractivity contribution in [2.45, 2.75) is 32.2 Å². The van der Waals surface area contributed by atoms with Crippen LogP contribution in [0.25, 0.3) is 0 Å². The molecule has 1 aromatic carbocycles. The van der Waals surface area contributed by atoms with Crippen molar-refractivity contribution in [1.82, 2.24) is 0 Å². The van der Waals surface area contributed by atoms with E-state index >= 15 is 0 Å². The van der Waals surface area contributed by atoms with E-state index in [4.69, 9.17) is 16.2 Å². The van der Waals surface area contributed by atoms with Crippen LogP contribution in [-0.2, 0) is 10.2 Å². The summed E-state index contributed by atoms with van der Waals surface area (Å²) >= 11 is 0. The van der Waals surface area contributed by atoms with Gasteiger partial charge < -0.3 is 16.2 Å². The van der Waals surface area contributed by atoms with Gasteiger partial charge in [-0.25, -0.2) is 0 Å². The molecule has 0 bridgehead atoms. The van der Waals surface area contributed by atoms with Crippen molar-refractivity contribution in [1.29, 1.82) is 0 Å². The highest BCUT2D eigenvalue weighted by Gasteiger charge is 2.21. The minimum atomic E-state index is -0.841. The summed E-state index contributed by atoms with van der Waals surface area (Å²) in [6, 6.07) is 4.83. The Hall–Kier alpha value is -1.55. The van der Waals surface area contributed by atoms with Crippen LogP contribution in [0.3, 0.4) is 0 Å². The number of carbonyl (C=O) groups is 1. The van der Waals surface area contributed by atoms with E-state index in [1.54, 1.807) is 7.11 Å². The largest absolute Gasteiger partial charge is 0.496 e. The maximum Gasteiger partial charge on any atom is 0.239 e. The van der Waals surface area contributed by atoms with E-state index < -0.39 is 11.9 Å². The Morgan fingerprint density at radius 3 is 2.35 bits per heavy atom. The molecule has 1 amide bonds. The fourth-order valence-corrected chi connectivity index (χ4v) is 1.60. The Labute approximate surface area is 102 Å². The second-order valence-electron chi connectivity index (χ2n) is 5.09. The molecule has 4 heteroatoms. The first kappa shape index (κ1) is 13.5. The Balaban J connectivity index is 3.29. The molecule has 0 saturated carbocycles. The summed E-state index contributed by atoms with van der Waals surface area (Å²) in [6.07, 6.45) is 0. The molecule has 1 rings (SSSR count). The van der Waals surface area contributed by atoms with Crippen molar-refractivity contribution in [2.24, 2.45) is 11.5 Å². The first-order valence-corrected chi connectivity index (χ1v) is 5.50. The molecule has 0 radical (unpaired) electrons. The zero-order valence-electron chi connectivity index (χ0n) is 10.8. The lowest BCUT2D eigenvalue weighted by molar-refractivity contribution is -0.119. The Morgan fingerprint density at radius 1 is 1.35 bits per heavy atom. The molecule has 0 aliphatic heterocycles. The van der Waals surface area contributed by atoms with E-state index in [0.29, 0.717) is 11.3 Å². The number of rotatable bonds is 3. The molecule has 1 unspecified atom stereocenters.